The molecule has 0 bridgehead atoms. The number of nitrogens with zero attached hydrogens (tertiary/aromatic N) is 2. The van der Waals surface area contributed by atoms with E-state index in [-0.39, 0.29) is 12.1 Å². The molecule has 0 spiro atoms. The maximum atomic E-state index is 10.1. The number of hydrazine groups is 1. The Bertz CT molecular complexity index is 395. The molecule has 1 saturated carbocycles. The minimum absolute atomic E-state index is 0.0535. The van der Waals surface area contributed by atoms with Crippen molar-refractivity contribution in [3.8, 4) is 0 Å². The second-order valence-electron chi connectivity index (χ2n) is 4.73. The summed E-state index contributed by atoms with van der Waals surface area (Å²) in [5, 5.41) is 14.1. The normalized spacial score (nSPS) is 23.7. The van der Waals surface area contributed by atoms with Crippen LogP contribution in [-0.4, -0.2) is 33.5 Å². The molecule has 6 nitrogen and oxygen atoms in total. The van der Waals surface area contributed by atoms with Gasteiger partial charge in [0, 0.05) is 6.07 Å². The molecule has 1 aromatic heterocycles. The molecular weight excluding hydrogens is 262 g/mol. The summed E-state index contributed by atoms with van der Waals surface area (Å²) in [6, 6.07) is 1.81. The monoisotopic (exact) mass is 283 g/mol. The Morgan fingerprint density at radius 3 is 2.74 bits per heavy atom. The lowest BCUT2D eigenvalue weighted by Crippen LogP contribution is -2.32. The van der Waals surface area contributed by atoms with Crippen molar-refractivity contribution in [2.24, 2.45) is 5.84 Å². The third-order valence-electron chi connectivity index (χ3n) is 3.35. The summed E-state index contributed by atoms with van der Waals surface area (Å²) in [5.74, 6) is 6.68. The van der Waals surface area contributed by atoms with Gasteiger partial charge in [0.2, 0.25) is 0 Å². The van der Waals surface area contributed by atoms with E-state index in [0.717, 1.165) is 25.7 Å². The van der Waals surface area contributed by atoms with E-state index in [2.05, 4.69) is 20.7 Å². The van der Waals surface area contributed by atoms with Gasteiger partial charge >= 0.3 is 0 Å². The largest absolute Gasteiger partial charge is 0.391 e. The van der Waals surface area contributed by atoms with Crippen molar-refractivity contribution in [2.75, 3.05) is 17.0 Å². The van der Waals surface area contributed by atoms with Crippen LogP contribution in [0.4, 0.5) is 11.6 Å². The summed E-state index contributed by atoms with van der Waals surface area (Å²) in [6.45, 7) is 0. The molecule has 0 aromatic carbocycles. The van der Waals surface area contributed by atoms with Gasteiger partial charge in [-0.25, -0.2) is 15.8 Å². The SMILES string of the molecule is CSc1nc(NN)cc(NC2CCCCCC2O)n1. The Hall–Kier alpha value is -1.05. The molecule has 5 N–H and O–H groups in total. The summed E-state index contributed by atoms with van der Waals surface area (Å²) in [5.41, 5.74) is 2.54. The van der Waals surface area contributed by atoms with E-state index in [0.29, 0.717) is 16.8 Å². The number of aromatic nitrogens is 2. The summed E-state index contributed by atoms with van der Waals surface area (Å²) >= 11 is 1.46. The maximum Gasteiger partial charge on any atom is 0.191 e. The zero-order valence-electron chi connectivity index (χ0n) is 11.1. The Kier molecular flexibility index (Phi) is 5.24. The molecule has 1 aliphatic rings. The van der Waals surface area contributed by atoms with Gasteiger partial charge in [-0.2, -0.15) is 0 Å². The van der Waals surface area contributed by atoms with E-state index in [9.17, 15) is 5.11 Å². The molecule has 0 aliphatic heterocycles. The minimum Gasteiger partial charge on any atom is -0.391 e. The quantitative estimate of drug-likeness (QED) is 0.219. The molecule has 0 amide bonds. The van der Waals surface area contributed by atoms with Crippen molar-refractivity contribution in [2.45, 2.75) is 49.4 Å². The molecular formula is C12H21N5OS. The van der Waals surface area contributed by atoms with Crippen LogP contribution in [0.1, 0.15) is 32.1 Å². The maximum absolute atomic E-state index is 10.1. The number of hydrogen-bond acceptors (Lipinski definition) is 7. The first-order valence-corrected chi connectivity index (χ1v) is 7.79. The lowest BCUT2D eigenvalue weighted by molar-refractivity contribution is 0.144. The number of aliphatic hydroxyl groups is 1. The smallest absolute Gasteiger partial charge is 0.191 e. The molecule has 7 heteroatoms. The van der Waals surface area contributed by atoms with Crippen molar-refractivity contribution in [3.05, 3.63) is 6.07 Å². The zero-order chi connectivity index (χ0) is 13.7. The Balaban J connectivity index is 2.12. The molecule has 1 aliphatic carbocycles. The fraction of sp³-hybridized carbons (Fsp3) is 0.667. The first-order chi connectivity index (χ1) is 9.22. The van der Waals surface area contributed by atoms with Gasteiger partial charge in [0.15, 0.2) is 5.16 Å². The van der Waals surface area contributed by atoms with Crippen LogP contribution in [0.25, 0.3) is 0 Å². The summed E-state index contributed by atoms with van der Waals surface area (Å²) in [7, 11) is 0. The van der Waals surface area contributed by atoms with Crippen LogP contribution >= 0.6 is 11.8 Å². The topological polar surface area (TPSA) is 96.1 Å². The molecule has 0 radical (unpaired) electrons. The van der Waals surface area contributed by atoms with Gasteiger partial charge < -0.3 is 15.8 Å². The second-order valence-corrected chi connectivity index (χ2v) is 5.50. The molecule has 0 saturated heterocycles. The average Bonchev–Trinajstić information content (AvgIpc) is 2.63. The highest BCUT2D eigenvalue weighted by atomic mass is 32.2. The highest BCUT2D eigenvalue weighted by Gasteiger charge is 2.22. The predicted octanol–water partition coefficient (Wildman–Crippen LogP) is 1.59. The van der Waals surface area contributed by atoms with Crippen LogP contribution in [0.2, 0.25) is 0 Å². The second kappa shape index (κ2) is 6.93. The number of hydrogen-bond donors (Lipinski definition) is 4. The van der Waals surface area contributed by atoms with Gasteiger partial charge in [-0.05, 0) is 19.1 Å². The van der Waals surface area contributed by atoms with E-state index >= 15 is 0 Å². The average molecular weight is 283 g/mol. The number of nitrogens with two attached hydrogens (primary N) is 1. The molecule has 1 heterocycles. The third-order valence-corrected chi connectivity index (χ3v) is 3.90. The molecule has 106 valence electrons. The predicted molar refractivity (Wildman–Crippen MR) is 78.1 cm³/mol. The first kappa shape index (κ1) is 14.4. The van der Waals surface area contributed by atoms with E-state index in [1.54, 1.807) is 6.07 Å². The molecule has 2 atom stereocenters. The number of rotatable bonds is 4. The number of nitrogens with one attached hydrogen (secondary N) is 2. The number of nitrogen functional groups attached to an aromatic ring is 1. The van der Waals surface area contributed by atoms with E-state index in [1.165, 1.54) is 18.2 Å². The van der Waals surface area contributed by atoms with Gasteiger partial charge in [-0.3, -0.25) is 0 Å². The lowest BCUT2D eigenvalue weighted by atomic mass is 10.1. The molecule has 2 unspecified atom stereocenters. The third kappa shape index (κ3) is 3.95. The van der Waals surface area contributed by atoms with Gasteiger partial charge in [-0.15, -0.1) is 0 Å². The summed E-state index contributed by atoms with van der Waals surface area (Å²) < 4.78 is 0. The van der Waals surface area contributed by atoms with Gasteiger partial charge in [0.25, 0.3) is 0 Å². The zero-order valence-corrected chi connectivity index (χ0v) is 11.9. The van der Waals surface area contributed by atoms with Gasteiger partial charge in [-0.1, -0.05) is 31.0 Å². The van der Waals surface area contributed by atoms with Crippen LogP contribution < -0.4 is 16.6 Å². The standard InChI is InChI=1S/C12H21N5OS/c1-19-12-15-10(7-11(16-12)17-13)14-8-5-3-2-4-6-9(8)18/h7-9,18H,2-6,13H2,1H3,(H2,14,15,16,17). The van der Waals surface area contributed by atoms with Gasteiger partial charge in [0.1, 0.15) is 11.6 Å². The molecule has 2 rings (SSSR count). The molecule has 1 fully saturated rings. The van der Waals surface area contributed by atoms with Crippen LogP contribution in [0.15, 0.2) is 11.2 Å². The van der Waals surface area contributed by atoms with Crippen molar-refractivity contribution in [1.29, 1.82) is 0 Å². The Labute approximate surface area is 117 Å². The Morgan fingerprint density at radius 1 is 1.26 bits per heavy atom. The Morgan fingerprint density at radius 2 is 2.00 bits per heavy atom. The van der Waals surface area contributed by atoms with E-state index < -0.39 is 0 Å². The molecule has 1 aromatic rings. The van der Waals surface area contributed by atoms with Crippen molar-refractivity contribution in [3.63, 3.8) is 0 Å². The number of anilines is 2. The number of aliphatic hydroxyl groups excluding tert-OH is 1. The highest BCUT2D eigenvalue weighted by molar-refractivity contribution is 7.98. The van der Waals surface area contributed by atoms with E-state index in [4.69, 9.17) is 5.84 Å². The highest BCUT2D eigenvalue weighted by Crippen LogP contribution is 2.23. The first-order valence-electron chi connectivity index (χ1n) is 6.57. The van der Waals surface area contributed by atoms with Crippen molar-refractivity contribution >= 4 is 23.4 Å². The van der Waals surface area contributed by atoms with Crippen molar-refractivity contribution < 1.29 is 5.11 Å². The molecule has 19 heavy (non-hydrogen) atoms. The van der Waals surface area contributed by atoms with Crippen LogP contribution in [0.5, 0.6) is 0 Å². The van der Waals surface area contributed by atoms with Crippen LogP contribution in [0, 0.1) is 0 Å². The minimum atomic E-state index is -0.315. The van der Waals surface area contributed by atoms with Crippen LogP contribution in [-0.2, 0) is 0 Å². The van der Waals surface area contributed by atoms with Crippen molar-refractivity contribution in [1.82, 2.24) is 9.97 Å². The van der Waals surface area contributed by atoms with Gasteiger partial charge in [0.05, 0.1) is 12.1 Å². The van der Waals surface area contributed by atoms with E-state index in [1.807, 2.05) is 6.26 Å². The van der Waals surface area contributed by atoms with Crippen LogP contribution in [0.3, 0.4) is 0 Å². The lowest BCUT2D eigenvalue weighted by Gasteiger charge is -2.22. The fourth-order valence-corrected chi connectivity index (χ4v) is 2.69. The number of thioether (sulfide) groups is 1. The fourth-order valence-electron chi connectivity index (χ4n) is 2.31. The summed E-state index contributed by atoms with van der Waals surface area (Å²) in [4.78, 5) is 8.61. The summed E-state index contributed by atoms with van der Waals surface area (Å²) in [6.07, 6.45) is 6.83.